The summed E-state index contributed by atoms with van der Waals surface area (Å²) in [5.41, 5.74) is 0.580. The van der Waals surface area contributed by atoms with Crippen LogP contribution in [0.4, 0.5) is 22.0 Å². The summed E-state index contributed by atoms with van der Waals surface area (Å²) in [5, 5.41) is 32.8. The normalized spacial score (nSPS) is 14.5. The molecule has 6 rings (SSSR count). The monoisotopic (exact) mass is 924 g/mol. The van der Waals surface area contributed by atoms with Gasteiger partial charge in [-0.05, 0) is 92.6 Å². The molecule has 4 aromatic carbocycles. The van der Waals surface area contributed by atoms with Crippen LogP contribution in [-0.4, -0.2) is 107 Å². The fraction of sp³-hybridized carbons (Fsp3) is 0.362. The molecule has 14 nitrogen and oxygen atoms in total. The van der Waals surface area contributed by atoms with Crippen molar-refractivity contribution in [1.82, 2.24) is 19.4 Å². The maximum absolute atomic E-state index is 14.7. The third-order valence-electron chi connectivity index (χ3n) is 11.4. The number of para-hydroxylation sites is 1. The van der Waals surface area contributed by atoms with Crippen molar-refractivity contribution in [1.29, 1.82) is 0 Å². The Morgan fingerprint density at radius 2 is 1.39 bits per heavy atom. The van der Waals surface area contributed by atoms with Gasteiger partial charge in [-0.15, -0.1) is 0 Å². The number of halogens is 5. The Bertz CT molecular complexity index is 2560. The van der Waals surface area contributed by atoms with Crippen LogP contribution in [0.25, 0.3) is 22.0 Å². The van der Waals surface area contributed by atoms with E-state index in [0.717, 1.165) is 23.8 Å². The fourth-order valence-electron chi connectivity index (χ4n) is 7.56. The van der Waals surface area contributed by atoms with Crippen molar-refractivity contribution in [2.24, 2.45) is 0 Å². The lowest BCUT2D eigenvalue weighted by Gasteiger charge is -2.44. The Morgan fingerprint density at radius 3 is 1.95 bits per heavy atom. The number of fused-ring (bicyclic) bond motifs is 1. The summed E-state index contributed by atoms with van der Waals surface area (Å²) in [6.07, 6.45) is -7.79. The molecular weight excluding hydrogens is 876 g/mol. The van der Waals surface area contributed by atoms with Gasteiger partial charge >= 0.3 is 24.1 Å². The molecule has 1 aromatic heterocycles. The highest BCUT2D eigenvalue weighted by molar-refractivity contribution is 5.83. The number of amides is 1. The molecule has 0 bridgehead atoms. The van der Waals surface area contributed by atoms with Gasteiger partial charge in [0.05, 0.1) is 23.1 Å². The highest BCUT2D eigenvalue weighted by Crippen LogP contribution is 2.32. The number of ether oxygens (including phenoxy) is 1. The molecule has 19 heteroatoms. The number of carbonyl (C=O) groups is 4. The molecular formula is C47H49F5N4O10. The van der Waals surface area contributed by atoms with Crippen LogP contribution in [0.15, 0.2) is 95.8 Å². The van der Waals surface area contributed by atoms with Crippen molar-refractivity contribution in [2.45, 2.75) is 89.5 Å². The number of carboxylic acid groups (broad SMARTS) is 2. The number of aromatic nitrogens is 2. The van der Waals surface area contributed by atoms with Gasteiger partial charge in [-0.2, -0.15) is 18.2 Å². The number of aliphatic hydroxyl groups excluding tert-OH is 2. The summed E-state index contributed by atoms with van der Waals surface area (Å²) >= 11 is 0. The van der Waals surface area contributed by atoms with Crippen molar-refractivity contribution in [2.75, 3.05) is 19.7 Å². The number of aliphatic hydroxyl groups is 2. The number of aryl methyl sites for hydroxylation is 2. The Balaban J connectivity index is 0.000000730. The average Bonchev–Trinajstić information content (AvgIpc) is 3.29. The van der Waals surface area contributed by atoms with Gasteiger partial charge in [0, 0.05) is 32.1 Å². The summed E-state index contributed by atoms with van der Waals surface area (Å²) in [6, 6.07) is 22.6. The lowest BCUT2D eigenvalue weighted by molar-refractivity contribution is -0.165. The van der Waals surface area contributed by atoms with Crippen LogP contribution in [0.1, 0.15) is 56.1 Å². The third-order valence-corrected chi connectivity index (χ3v) is 11.4. The van der Waals surface area contributed by atoms with Gasteiger partial charge in [0.15, 0.2) is 23.8 Å². The lowest BCUT2D eigenvalue weighted by Crippen LogP contribution is -2.56. The zero-order chi connectivity index (χ0) is 48.5. The molecule has 1 amide bonds. The number of benzene rings is 4. The molecule has 5 aromatic rings. The van der Waals surface area contributed by atoms with E-state index in [4.69, 9.17) is 25.2 Å². The lowest BCUT2D eigenvalue weighted by atomic mass is 9.95. The topological polar surface area (TPSA) is 200 Å². The van der Waals surface area contributed by atoms with E-state index in [0.29, 0.717) is 48.0 Å². The number of nitrogens with zero attached hydrogens (tertiary/aromatic N) is 4. The van der Waals surface area contributed by atoms with Crippen LogP contribution < -0.4 is 5.56 Å². The first-order valence-corrected chi connectivity index (χ1v) is 20.8. The molecule has 0 radical (unpaired) electrons. The number of hydrogen-bond donors (Lipinski definition) is 4. The number of aliphatic carboxylic acids is 2. The Morgan fingerprint density at radius 1 is 0.818 bits per heavy atom. The van der Waals surface area contributed by atoms with E-state index in [1.54, 1.807) is 52.8 Å². The van der Waals surface area contributed by atoms with E-state index in [1.165, 1.54) is 24.3 Å². The highest BCUT2D eigenvalue weighted by Gasteiger charge is 2.40. The predicted octanol–water partition coefficient (Wildman–Crippen LogP) is 5.86. The first kappa shape index (κ1) is 50.4. The second kappa shape index (κ2) is 21.6. The van der Waals surface area contributed by atoms with Crippen molar-refractivity contribution in [3.63, 3.8) is 0 Å². The summed E-state index contributed by atoms with van der Waals surface area (Å²) in [7, 11) is 0. The first-order chi connectivity index (χ1) is 31.1. The molecule has 0 aliphatic carbocycles. The molecule has 2 unspecified atom stereocenters. The van der Waals surface area contributed by atoms with Gasteiger partial charge in [-0.1, -0.05) is 60.7 Å². The molecule has 4 N–H and O–H groups in total. The van der Waals surface area contributed by atoms with E-state index in [9.17, 15) is 45.9 Å². The summed E-state index contributed by atoms with van der Waals surface area (Å²) in [4.78, 5) is 68.3. The largest absolute Gasteiger partial charge is 0.479 e. The number of carboxylic acids is 2. The molecule has 0 saturated carbocycles. The molecule has 66 heavy (non-hydrogen) atoms. The quantitative estimate of drug-likeness (QED) is 0.0722. The molecule has 2 atom stereocenters. The van der Waals surface area contributed by atoms with Crippen molar-refractivity contribution in [3.8, 4) is 11.1 Å². The third kappa shape index (κ3) is 12.2. The zero-order valence-corrected chi connectivity index (χ0v) is 36.2. The summed E-state index contributed by atoms with van der Waals surface area (Å²) < 4.78 is 75.1. The maximum atomic E-state index is 14.7. The first-order valence-electron chi connectivity index (χ1n) is 20.8. The predicted molar refractivity (Wildman–Crippen MR) is 230 cm³/mol. The van der Waals surface area contributed by atoms with Crippen LogP contribution >= 0.6 is 0 Å². The summed E-state index contributed by atoms with van der Waals surface area (Å²) in [6.45, 7) is 6.68. The second-order valence-electron chi connectivity index (χ2n) is 16.0. The van der Waals surface area contributed by atoms with Gasteiger partial charge < -0.3 is 34.6 Å². The second-order valence-corrected chi connectivity index (χ2v) is 16.0. The summed E-state index contributed by atoms with van der Waals surface area (Å²) in [5.74, 6) is -5.86. The van der Waals surface area contributed by atoms with Crippen LogP contribution in [0, 0.1) is 11.6 Å². The molecule has 352 valence electrons. The number of piperidine rings is 1. The maximum Gasteiger partial charge on any atom is 0.416 e. The number of esters is 1. The van der Waals surface area contributed by atoms with Crippen molar-refractivity contribution in [3.05, 3.63) is 135 Å². The number of alkyl halides is 3. The van der Waals surface area contributed by atoms with Crippen LogP contribution in [0.5, 0.6) is 0 Å². The SMILES string of the molecule is CCOC(=O)C(C)(C)N1CCC(N(Cc2ccc(-c3ccc(C(F)(F)F)cc3)cc2)C(=O)Cn2c(CCc3cccc(F)c3F)nc(=O)c3ccccc32)CC1.O=C(O)C(O)C(O)C(=O)O. The minimum absolute atomic E-state index is 0.0340. The number of rotatable bonds is 15. The Kier molecular flexibility index (Phi) is 16.5. The van der Waals surface area contributed by atoms with Gasteiger partial charge in [-0.3, -0.25) is 19.3 Å². The number of carbonyl (C=O) groups excluding carboxylic acids is 2. The highest BCUT2D eigenvalue weighted by atomic mass is 19.4. The molecule has 0 spiro atoms. The van der Waals surface area contributed by atoms with Crippen LogP contribution in [-0.2, 0) is 56.0 Å². The molecule has 1 aliphatic heterocycles. The van der Waals surface area contributed by atoms with Crippen molar-refractivity contribution < 1.29 is 66.3 Å². The standard InChI is InChI=1S/C43H43F5N4O4.C4H6O6/c1-4-56-41(55)42(2,3)50-24-22-33(23-25-50)51(26-28-12-14-29(15-13-28)30-16-19-32(20-17-30)43(46,47)48)38(53)27-52-36-11-6-5-9-34(36)40(54)49-37(52)21-18-31-8-7-10-35(44)39(31)45;5-1(3(7)8)2(6)4(9)10/h5-17,19-20,33H,4,18,21-27H2,1-3H3;1-2,5-6H,(H,7,8)(H,9,10). The van der Waals surface area contributed by atoms with Crippen LogP contribution in [0.2, 0.25) is 0 Å². The molecule has 1 saturated heterocycles. The van der Waals surface area contributed by atoms with E-state index >= 15 is 0 Å². The van der Waals surface area contributed by atoms with E-state index in [2.05, 4.69) is 4.98 Å². The van der Waals surface area contributed by atoms with E-state index < -0.39 is 58.6 Å². The van der Waals surface area contributed by atoms with E-state index in [-0.39, 0.29) is 61.8 Å². The van der Waals surface area contributed by atoms with Gasteiger partial charge in [0.2, 0.25) is 5.91 Å². The van der Waals surface area contributed by atoms with Gasteiger partial charge in [0.25, 0.3) is 5.56 Å². The molecule has 1 fully saturated rings. The molecule has 1 aliphatic rings. The van der Waals surface area contributed by atoms with Crippen LogP contribution in [0.3, 0.4) is 0 Å². The molecule has 2 heterocycles. The Hall–Kier alpha value is -6.57. The average molecular weight is 925 g/mol. The van der Waals surface area contributed by atoms with Crippen molar-refractivity contribution >= 4 is 34.7 Å². The zero-order valence-electron chi connectivity index (χ0n) is 36.2. The fourth-order valence-corrected chi connectivity index (χ4v) is 7.56. The van der Waals surface area contributed by atoms with Gasteiger partial charge in [-0.25, -0.2) is 18.4 Å². The van der Waals surface area contributed by atoms with E-state index in [1.807, 2.05) is 30.9 Å². The minimum atomic E-state index is -4.44. The minimum Gasteiger partial charge on any atom is -0.479 e. The number of hydrogen-bond acceptors (Lipinski definition) is 10. The Labute approximate surface area is 375 Å². The van der Waals surface area contributed by atoms with Gasteiger partial charge in [0.1, 0.15) is 17.9 Å². The smallest absolute Gasteiger partial charge is 0.416 e. The number of likely N-dealkylation sites (tertiary alicyclic amines) is 1.